The number of aromatic nitrogens is 1. The van der Waals surface area contributed by atoms with Gasteiger partial charge in [0.2, 0.25) is 0 Å². The Kier molecular flexibility index (Phi) is 4.11. The number of hydrazine groups is 1. The molecule has 0 unspecified atom stereocenters. The van der Waals surface area contributed by atoms with Gasteiger partial charge in [-0.1, -0.05) is 11.6 Å². The lowest BCUT2D eigenvalue weighted by Gasteiger charge is -1.96. The van der Waals surface area contributed by atoms with Gasteiger partial charge in [0.15, 0.2) is 0 Å². The van der Waals surface area contributed by atoms with Crippen molar-refractivity contribution in [3.8, 4) is 0 Å². The van der Waals surface area contributed by atoms with Gasteiger partial charge >= 0.3 is 0 Å². The average molecular weight is 180 g/mol. The zero-order valence-corrected chi connectivity index (χ0v) is 6.62. The molecule has 0 aliphatic rings. The maximum atomic E-state index is 5.52. The van der Waals surface area contributed by atoms with Gasteiger partial charge in [0.05, 0.1) is 5.69 Å². The Hall–Kier alpha value is -0.510. The van der Waals surface area contributed by atoms with E-state index in [9.17, 15) is 0 Å². The SMILES string of the molecule is Cl.NNc1ccnc(Cl)c1. The predicted octanol–water partition coefficient (Wildman–Crippen LogP) is 1.44. The molecule has 0 atom stereocenters. The third-order valence-corrected chi connectivity index (χ3v) is 1.10. The number of nitrogens with one attached hydrogen (secondary N) is 1. The quantitative estimate of drug-likeness (QED) is 0.390. The highest BCUT2D eigenvalue weighted by Crippen LogP contribution is 2.09. The van der Waals surface area contributed by atoms with Gasteiger partial charge in [-0.25, -0.2) is 4.98 Å². The van der Waals surface area contributed by atoms with E-state index in [1.807, 2.05) is 0 Å². The van der Waals surface area contributed by atoms with Crippen molar-refractivity contribution in [1.29, 1.82) is 0 Å². The van der Waals surface area contributed by atoms with Crippen molar-refractivity contribution in [3.05, 3.63) is 23.5 Å². The number of hydrogen-bond acceptors (Lipinski definition) is 3. The first-order valence-electron chi connectivity index (χ1n) is 2.41. The summed E-state index contributed by atoms with van der Waals surface area (Å²) in [6.07, 6.45) is 1.58. The summed E-state index contributed by atoms with van der Waals surface area (Å²) in [6, 6.07) is 3.37. The van der Waals surface area contributed by atoms with Gasteiger partial charge in [-0.2, -0.15) is 0 Å². The molecule has 0 bridgehead atoms. The van der Waals surface area contributed by atoms with Gasteiger partial charge in [0.1, 0.15) is 5.15 Å². The van der Waals surface area contributed by atoms with E-state index < -0.39 is 0 Å². The van der Waals surface area contributed by atoms with E-state index >= 15 is 0 Å². The molecule has 0 aliphatic heterocycles. The fraction of sp³-hybridized carbons (Fsp3) is 0. The number of nitrogens with zero attached hydrogens (tertiary/aromatic N) is 1. The Labute approximate surface area is 70.0 Å². The highest BCUT2D eigenvalue weighted by Gasteiger charge is 1.88. The normalized spacial score (nSPS) is 8.20. The third kappa shape index (κ3) is 2.39. The smallest absolute Gasteiger partial charge is 0.131 e. The summed E-state index contributed by atoms with van der Waals surface area (Å²) in [4.78, 5) is 3.76. The van der Waals surface area contributed by atoms with E-state index in [1.54, 1.807) is 18.3 Å². The van der Waals surface area contributed by atoms with Crippen LogP contribution in [0.5, 0.6) is 0 Å². The third-order valence-electron chi connectivity index (χ3n) is 0.893. The average Bonchev–Trinajstić information content (AvgIpc) is 1.88. The molecule has 1 heterocycles. The molecule has 0 saturated carbocycles. The molecule has 1 aromatic heterocycles. The lowest BCUT2D eigenvalue weighted by atomic mass is 10.4. The second-order valence-electron chi connectivity index (χ2n) is 1.51. The zero-order chi connectivity index (χ0) is 6.69. The number of rotatable bonds is 1. The van der Waals surface area contributed by atoms with Crippen LogP contribution in [-0.4, -0.2) is 4.98 Å². The number of nitrogens with two attached hydrogens (primary N) is 1. The number of anilines is 1. The van der Waals surface area contributed by atoms with Crippen molar-refractivity contribution in [2.45, 2.75) is 0 Å². The zero-order valence-electron chi connectivity index (χ0n) is 5.04. The van der Waals surface area contributed by atoms with E-state index in [4.69, 9.17) is 17.4 Å². The topological polar surface area (TPSA) is 50.9 Å². The Balaban J connectivity index is 0.000000810. The molecular weight excluding hydrogens is 173 g/mol. The van der Waals surface area contributed by atoms with Crippen LogP contribution in [0.1, 0.15) is 0 Å². The van der Waals surface area contributed by atoms with Crippen molar-refractivity contribution >= 4 is 29.7 Å². The van der Waals surface area contributed by atoms with Crippen molar-refractivity contribution in [3.63, 3.8) is 0 Å². The summed E-state index contributed by atoms with van der Waals surface area (Å²) in [7, 11) is 0. The van der Waals surface area contributed by atoms with Gasteiger partial charge in [-0.15, -0.1) is 12.4 Å². The minimum Gasteiger partial charge on any atom is -0.324 e. The second kappa shape index (κ2) is 4.33. The molecule has 56 valence electrons. The molecule has 0 aliphatic carbocycles. The molecule has 0 saturated heterocycles. The molecule has 0 fully saturated rings. The van der Waals surface area contributed by atoms with Gasteiger partial charge in [-0.05, 0) is 12.1 Å². The molecule has 0 aromatic carbocycles. The molecular formula is C5H7Cl2N3. The molecule has 0 radical (unpaired) electrons. The number of nitrogen functional groups attached to an aromatic ring is 1. The predicted molar refractivity (Wildman–Crippen MR) is 44.3 cm³/mol. The van der Waals surface area contributed by atoms with Crippen molar-refractivity contribution < 1.29 is 0 Å². The first-order chi connectivity index (χ1) is 4.33. The Morgan fingerprint density at radius 1 is 1.60 bits per heavy atom. The molecule has 1 aromatic rings. The molecule has 3 nitrogen and oxygen atoms in total. The standard InChI is InChI=1S/C5H6ClN3.ClH/c6-5-3-4(9-7)1-2-8-5;/h1-3H,7H2,(H,8,9);1H. The van der Waals surface area contributed by atoms with E-state index in [0.29, 0.717) is 5.15 Å². The highest BCUT2D eigenvalue weighted by molar-refractivity contribution is 6.29. The monoisotopic (exact) mass is 179 g/mol. The Bertz CT molecular complexity index is 204. The summed E-state index contributed by atoms with van der Waals surface area (Å²) in [5.41, 5.74) is 3.20. The van der Waals surface area contributed by atoms with Gasteiger partial charge in [-0.3, -0.25) is 5.84 Å². The maximum absolute atomic E-state index is 5.52. The van der Waals surface area contributed by atoms with Crippen LogP contribution in [0.3, 0.4) is 0 Å². The maximum Gasteiger partial charge on any atom is 0.131 e. The minimum absolute atomic E-state index is 0. The van der Waals surface area contributed by atoms with Crippen LogP contribution < -0.4 is 11.3 Å². The summed E-state index contributed by atoms with van der Waals surface area (Å²) < 4.78 is 0. The van der Waals surface area contributed by atoms with Gasteiger partial charge in [0.25, 0.3) is 0 Å². The largest absolute Gasteiger partial charge is 0.324 e. The molecule has 5 heteroatoms. The lowest BCUT2D eigenvalue weighted by molar-refractivity contribution is 1.28. The second-order valence-corrected chi connectivity index (χ2v) is 1.90. The van der Waals surface area contributed by atoms with Crippen molar-refractivity contribution in [1.82, 2.24) is 4.98 Å². The molecule has 0 amide bonds. The van der Waals surface area contributed by atoms with Crippen LogP contribution in [0.25, 0.3) is 0 Å². The van der Waals surface area contributed by atoms with Crippen LogP contribution in [0.2, 0.25) is 5.15 Å². The number of halogens is 2. The Morgan fingerprint density at radius 2 is 2.30 bits per heavy atom. The van der Waals surface area contributed by atoms with Crippen LogP contribution in [0.4, 0.5) is 5.69 Å². The number of pyridine rings is 1. The van der Waals surface area contributed by atoms with E-state index in [0.717, 1.165) is 5.69 Å². The first-order valence-corrected chi connectivity index (χ1v) is 2.79. The first kappa shape index (κ1) is 9.49. The minimum atomic E-state index is 0. The molecule has 10 heavy (non-hydrogen) atoms. The summed E-state index contributed by atoms with van der Waals surface area (Å²) in [6.45, 7) is 0. The van der Waals surface area contributed by atoms with E-state index in [-0.39, 0.29) is 12.4 Å². The van der Waals surface area contributed by atoms with Crippen LogP contribution in [-0.2, 0) is 0 Å². The Morgan fingerprint density at radius 3 is 2.70 bits per heavy atom. The molecule has 3 N–H and O–H groups in total. The fourth-order valence-corrected chi connectivity index (χ4v) is 0.666. The van der Waals surface area contributed by atoms with Crippen LogP contribution in [0.15, 0.2) is 18.3 Å². The summed E-state index contributed by atoms with van der Waals surface area (Å²) >= 11 is 5.52. The fourth-order valence-electron chi connectivity index (χ4n) is 0.492. The van der Waals surface area contributed by atoms with Gasteiger partial charge < -0.3 is 5.43 Å². The summed E-state index contributed by atoms with van der Waals surface area (Å²) in [5, 5.41) is 0.436. The highest BCUT2D eigenvalue weighted by atomic mass is 35.5. The van der Waals surface area contributed by atoms with Crippen molar-refractivity contribution in [2.75, 3.05) is 5.43 Å². The van der Waals surface area contributed by atoms with E-state index in [1.165, 1.54) is 0 Å². The van der Waals surface area contributed by atoms with Crippen LogP contribution >= 0.6 is 24.0 Å². The van der Waals surface area contributed by atoms with Gasteiger partial charge in [0, 0.05) is 6.20 Å². The molecule has 0 spiro atoms. The number of hydrogen-bond donors (Lipinski definition) is 2. The molecule has 1 rings (SSSR count). The van der Waals surface area contributed by atoms with Crippen molar-refractivity contribution in [2.24, 2.45) is 5.84 Å². The van der Waals surface area contributed by atoms with Crippen LogP contribution in [0, 0.1) is 0 Å². The van der Waals surface area contributed by atoms with E-state index in [2.05, 4.69) is 10.4 Å². The summed E-state index contributed by atoms with van der Waals surface area (Å²) in [5.74, 6) is 5.08. The lowest BCUT2D eigenvalue weighted by Crippen LogP contribution is -2.06.